The molecule has 96 valence electrons. The summed E-state index contributed by atoms with van der Waals surface area (Å²) in [4.78, 5) is 0. The smallest absolute Gasteiger partial charge is 0 e. The Morgan fingerprint density at radius 1 is 0.533 bits per heavy atom. The number of halogens is 4. The van der Waals surface area contributed by atoms with E-state index in [1.807, 2.05) is 60.7 Å². The second-order valence-electron chi connectivity index (χ2n) is 1.92. The molecule has 0 radical (unpaired) electrons. The van der Waals surface area contributed by atoms with Crippen LogP contribution in [0.25, 0.3) is 0 Å². The first kappa shape index (κ1) is 30.3. The number of rotatable bonds is 0. The summed E-state index contributed by atoms with van der Waals surface area (Å²) in [6.45, 7) is 0. The average Bonchev–Trinajstić information content (AvgIpc) is 2.67. The van der Waals surface area contributed by atoms with Gasteiger partial charge >= 0.3 is 0 Å². The van der Waals surface area contributed by atoms with Crippen molar-refractivity contribution in [2.45, 2.75) is 0 Å². The van der Waals surface area contributed by atoms with Crippen LogP contribution in [-0.4, -0.2) is 0 Å². The van der Waals surface area contributed by atoms with E-state index in [-0.39, 0.29) is 113 Å². The third-order valence-corrected chi connectivity index (χ3v) is 1.11. The van der Waals surface area contributed by atoms with E-state index in [2.05, 4.69) is 0 Å². The van der Waals surface area contributed by atoms with Crippen molar-refractivity contribution in [2.24, 2.45) is 0 Å². The molecule has 0 bridgehead atoms. The summed E-state index contributed by atoms with van der Waals surface area (Å²) in [7, 11) is 0. The molecule has 15 heavy (non-hydrogen) atoms. The molecule has 0 saturated carbocycles. The Morgan fingerprint density at radius 2 is 0.800 bits per heavy atom. The largest absolute Gasteiger partial charge is 0.748 e. The molecule has 2 aromatic carbocycles. The molecule has 0 heterocycles. The normalized spacial score (nSPS) is 5.33. The fraction of sp³-hybridized carbons (Fsp3) is 0. The first-order chi connectivity index (χ1) is 5.00. The summed E-state index contributed by atoms with van der Waals surface area (Å²) in [5.41, 5.74) is 0. The van der Waals surface area contributed by atoms with Crippen molar-refractivity contribution in [1.29, 1.82) is 0 Å². The van der Waals surface area contributed by atoms with Gasteiger partial charge in [-0.15, -0.1) is 95.9 Å². The van der Waals surface area contributed by atoms with Crippen LogP contribution in [-0.2, 0) is 17.1 Å². The van der Waals surface area contributed by atoms with E-state index >= 15 is 0 Å². The maximum absolute atomic E-state index is 2.00. The summed E-state index contributed by atoms with van der Waals surface area (Å²) >= 11 is 0. The Morgan fingerprint density at radius 3 is 0.933 bits per heavy atom. The van der Waals surface area contributed by atoms with Gasteiger partial charge in [0, 0.05) is 17.1 Å². The van der Waals surface area contributed by atoms with E-state index in [4.69, 9.17) is 0 Å². The SMILES string of the molecule is I.I.I.I.[Fe].[cH-]1[cH-][cH-][cH-][cH-]1.c1cc[cH-]c1. The Hall–Kier alpha value is 2.14. The predicted octanol–water partition coefficient (Wildman–Crippen LogP) is 5.28. The van der Waals surface area contributed by atoms with Crippen LogP contribution in [0.4, 0.5) is 0 Å². The summed E-state index contributed by atoms with van der Waals surface area (Å²) in [6, 6.07) is 20.0. The number of hydrogen-bond donors (Lipinski definition) is 0. The first-order valence-corrected chi connectivity index (χ1v) is 3.33. The van der Waals surface area contributed by atoms with Crippen molar-refractivity contribution in [3.05, 3.63) is 60.7 Å². The molecule has 0 spiro atoms. The fourth-order valence-electron chi connectivity index (χ4n) is 0.642. The molecule has 5 heteroatoms. The van der Waals surface area contributed by atoms with Crippen LogP contribution >= 0.6 is 95.9 Å². The van der Waals surface area contributed by atoms with Gasteiger partial charge in [0.05, 0.1) is 0 Å². The van der Waals surface area contributed by atoms with Crippen LogP contribution in [0.1, 0.15) is 0 Å². The zero-order chi connectivity index (χ0) is 7.07. The van der Waals surface area contributed by atoms with Gasteiger partial charge < -0.3 is 30.3 Å². The van der Waals surface area contributed by atoms with E-state index in [0.29, 0.717) is 0 Å². The third kappa shape index (κ3) is 21.9. The van der Waals surface area contributed by atoms with Crippen LogP contribution in [0.15, 0.2) is 60.7 Å². The summed E-state index contributed by atoms with van der Waals surface area (Å²) in [5, 5.41) is 0. The molecule has 0 atom stereocenters. The molecule has 2 rings (SSSR count). The van der Waals surface area contributed by atoms with Crippen molar-refractivity contribution in [2.75, 3.05) is 0 Å². The minimum absolute atomic E-state index is 0. The molecular weight excluding hydrogens is 684 g/mol. The molecule has 2 aromatic rings. The minimum Gasteiger partial charge on any atom is -0.748 e. The average molecular weight is 698 g/mol. The Kier molecular flexibility index (Phi) is 50.7. The van der Waals surface area contributed by atoms with E-state index in [1.54, 1.807) is 0 Å². The van der Waals surface area contributed by atoms with Crippen molar-refractivity contribution in [1.82, 2.24) is 0 Å². The van der Waals surface area contributed by atoms with E-state index in [0.717, 1.165) is 0 Å². The molecule has 0 unspecified atom stereocenters. The molecule has 0 N–H and O–H groups in total. The molecule has 0 saturated heterocycles. The zero-order valence-corrected chi connectivity index (χ0v) is 18.2. The van der Waals surface area contributed by atoms with E-state index in [9.17, 15) is 0 Å². The van der Waals surface area contributed by atoms with Gasteiger partial charge in [-0.2, -0.15) is 18.2 Å². The van der Waals surface area contributed by atoms with Gasteiger partial charge in [0.25, 0.3) is 0 Å². The Balaban J connectivity index is -0.0000000333. The second kappa shape index (κ2) is 25.1. The molecule has 0 amide bonds. The van der Waals surface area contributed by atoms with Crippen LogP contribution in [0.5, 0.6) is 0 Å². The van der Waals surface area contributed by atoms with Crippen molar-refractivity contribution < 1.29 is 17.1 Å². The monoisotopic (exact) mass is 698 g/mol. The summed E-state index contributed by atoms with van der Waals surface area (Å²) in [5.74, 6) is 0. The maximum Gasteiger partial charge on any atom is 0 e. The molecular formula is C10H14FeI4-6. The van der Waals surface area contributed by atoms with Crippen LogP contribution in [0.3, 0.4) is 0 Å². The minimum atomic E-state index is 0. The molecule has 0 aliphatic heterocycles. The Labute approximate surface area is 171 Å². The van der Waals surface area contributed by atoms with E-state index < -0.39 is 0 Å². The topological polar surface area (TPSA) is 0 Å². The standard InChI is InChI=1S/2C5H5.Fe.4HI/c2*1-2-4-5-3-1;;;;;/h2*1-5H;;4*1H/q-5;-1;;;;;. The van der Waals surface area contributed by atoms with Crippen LogP contribution < -0.4 is 0 Å². The van der Waals surface area contributed by atoms with Gasteiger partial charge in [0.2, 0.25) is 0 Å². The van der Waals surface area contributed by atoms with Crippen molar-refractivity contribution in [3.8, 4) is 0 Å². The molecule has 0 aliphatic rings. The van der Waals surface area contributed by atoms with Crippen LogP contribution in [0, 0.1) is 0 Å². The van der Waals surface area contributed by atoms with Crippen molar-refractivity contribution in [3.63, 3.8) is 0 Å². The molecule has 0 aromatic heterocycles. The van der Waals surface area contributed by atoms with Gasteiger partial charge in [0.15, 0.2) is 0 Å². The third-order valence-electron chi connectivity index (χ3n) is 1.11. The first-order valence-electron chi connectivity index (χ1n) is 3.33. The van der Waals surface area contributed by atoms with Gasteiger partial charge in [-0.1, -0.05) is 0 Å². The summed E-state index contributed by atoms with van der Waals surface area (Å²) in [6.07, 6.45) is 0. The van der Waals surface area contributed by atoms with Gasteiger partial charge in [-0.3, -0.25) is 0 Å². The maximum atomic E-state index is 2.00. The fourth-order valence-corrected chi connectivity index (χ4v) is 0.642. The molecule has 0 nitrogen and oxygen atoms in total. The Bertz CT molecular complexity index is 157. The van der Waals surface area contributed by atoms with Gasteiger partial charge in [-0.05, 0) is 0 Å². The zero-order valence-electron chi connectivity index (χ0n) is 7.76. The molecule has 0 aliphatic carbocycles. The van der Waals surface area contributed by atoms with Crippen LogP contribution in [0.2, 0.25) is 0 Å². The predicted molar refractivity (Wildman–Crippen MR) is 106 cm³/mol. The number of hydrogen-bond acceptors (Lipinski definition) is 0. The van der Waals surface area contributed by atoms with Gasteiger partial charge in [0.1, 0.15) is 0 Å². The van der Waals surface area contributed by atoms with Gasteiger partial charge in [-0.25, -0.2) is 12.1 Å². The second-order valence-corrected chi connectivity index (χ2v) is 1.92. The van der Waals surface area contributed by atoms with Crippen molar-refractivity contribution >= 4 is 95.9 Å². The summed E-state index contributed by atoms with van der Waals surface area (Å²) < 4.78 is 0. The van der Waals surface area contributed by atoms with E-state index in [1.165, 1.54) is 0 Å². The molecule has 0 fully saturated rings. The quantitative estimate of drug-likeness (QED) is 0.200.